The Morgan fingerprint density at radius 2 is 1.95 bits per heavy atom. The summed E-state index contributed by atoms with van der Waals surface area (Å²) in [5, 5.41) is 9.40. The highest BCUT2D eigenvalue weighted by atomic mass is 35.5. The smallest absolute Gasteiger partial charge is 0.306 e. The molecular formula is C14H16Cl2FNO2. The number of nitrogens with zero attached hydrogens (tertiary/aromatic N) is 1. The summed E-state index contributed by atoms with van der Waals surface area (Å²) in [7, 11) is 0. The summed E-state index contributed by atoms with van der Waals surface area (Å²) in [5.41, 5.74) is 0.676. The summed E-state index contributed by atoms with van der Waals surface area (Å²) >= 11 is 11.8. The number of carboxylic acid groups (broad SMARTS) is 1. The average Bonchev–Trinajstić information content (AvgIpc) is 2.31. The minimum Gasteiger partial charge on any atom is -0.481 e. The van der Waals surface area contributed by atoms with Crippen LogP contribution >= 0.6 is 23.2 Å². The topological polar surface area (TPSA) is 40.5 Å². The number of carboxylic acids is 1. The van der Waals surface area contributed by atoms with E-state index in [0.717, 1.165) is 0 Å². The number of hydrogen-bond acceptors (Lipinski definition) is 2. The number of carbonyl (C=O) groups is 1. The Balaban J connectivity index is 2.06. The molecule has 20 heavy (non-hydrogen) atoms. The maximum Gasteiger partial charge on any atom is 0.306 e. The van der Waals surface area contributed by atoms with Crippen molar-refractivity contribution in [3.8, 4) is 0 Å². The third-order valence-electron chi connectivity index (χ3n) is 4.07. The molecule has 2 atom stereocenters. The van der Waals surface area contributed by atoms with Crippen LogP contribution in [-0.2, 0) is 4.79 Å². The van der Waals surface area contributed by atoms with Crippen LogP contribution in [0.4, 0.5) is 4.39 Å². The van der Waals surface area contributed by atoms with E-state index in [9.17, 15) is 9.18 Å². The predicted molar refractivity (Wildman–Crippen MR) is 76.7 cm³/mol. The van der Waals surface area contributed by atoms with Crippen molar-refractivity contribution in [2.45, 2.75) is 19.9 Å². The number of hydrogen-bond donors (Lipinski definition) is 1. The van der Waals surface area contributed by atoms with Crippen molar-refractivity contribution >= 4 is 29.2 Å². The molecule has 1 saturated heterocycles. The largest absolute Gasteiger partial charge is 0.481 e. The first kappa shape index (κ1) is 15.5. The molecule has 3 nitrogen and oxygen atoms in total. The summed E-state index contributed by atoms with van der Waals surface area (Å²) in [6.45, 7) is 4.99. The Bertz CT molecular complexity index is 532. The number of aliphatic carboxylic acids is 1. The highest BCUT2D eigenvalue weighted by Gasteiger charge is 2.37. The molecule has 0 saturated carbocycles. The third kappa shape index (κ3) is 2.92. The van der Waals surface area contributed by atoms with Crippen molar-refractivity contribution in [3.63, 3.8) is 0 Å². The van der Waals surface area contributed by atoms with E-state index in [1.165, 1.54) is 12.1 Å². The zero-order valence-electron chi connectivity index (χ0n) is 11.2. The van der Waals surface area contributed by atoms with Crippen LogP contribution in [0.15, 0.2) is 12.1 Å². The van der Waals surface area contributed by atoms with E-state index >= 15 is 0 Å². The fraction of sp³-hybridized carbons (Fsp3) is 0.500. The molecule has 110 valence electrons. The number of halogens is 3. The predicted octanol–water partition coefficient (Wildman–Crippen LogP) is 3.85. The van der Waals surface area contributed by atoms with Gasteiger partial charge in [-0.25, -0.2) is 4.39 Å². The molecule has 0 radical (unpaired) electrons. The second-order valence-electron chi connectivity index (χ2n) is 5.30. The van der Waals surface area contributed by atoms with E-state index in [1.807, 2.05) is 6.92 Å². The molecule has 1 aromatic rings. The van der Waals surface area contributed by atoms with E-state index in [1.54, 1.807) is 6.92 Å². The van der Waals surface area contributed by atoms with Gasteiger partial charge in [0.05, 0.1) is 10.9 Å². The van der Waals surface area contributed by atoms with Gasteiger partial charge < -0.3 is 5.11 Å². The van der Waals surface area contributed by atoms with E-state index in [0.29, 0.717) is 23.7 Å². The van der Waals surface area contributed by atoms with Crippen LogP contribution in [0.3, 0.4) is 0 Å². The van der Waals surface area contributed by atoms with E-state index in [-0.39, 0.29) is 22.9 Å². The van der Waals surface area contributed by atoms with Crippen LogP contribution in [0.1, 0.15) is 25.5 Å². The third-order valence-corrected chi connectivity index (χ3v) is 4.69. The van der Waals surface area contributed by atoms with Crippen LogP contribution in [-0.4, -0.2) is 29.1 Å². The zero-order chi connectivity index (χ0) is 15.0. The Kier molecular flexibility index (Phi) is 4.57. The Labute approximate surface area is 127 Å². The molecule has 2 unspecified atom stereocenters. The highest BCUT2D eigenvalue weighted by Crippen LogP contribution is 2.36. The molecule has 1 heterocycles. The molecular weight excluding hydrogens is 304 g/mol. The summed E-state index contributed by atoms with van der Waals surface area (Å²) < 4.78 is 13.5. The van der Waals surface area contributed by atoms with Crippen LogP contribution < -0.4 is 0 Å². The Morgan fingerprint density at radius 3 is 2.50 bits per heavy atom. The minimum atomic E-state index is -0.780. The lowest BCUT2D eigenvalue weighted by atomic mass is 9.85. The normalized spacial score (nSPS) is 19.4. The standard InChI is InChI=1S/C14H16Cl2FNO2/c1-7(14(19)20)9-5-18(6-9)8(2)10-3-13(17)12(16)4-11(10)15/h3-4,7-9H,5-6H2,1-2H3,(H,19,20). The van der Waals surface area contributed by atoms with Crippen molar-refractivity contribution in [2.24, 2.45) is 11.8 Å². The molecule has 1 N–H and O–H groups in total. The molecule has 0 aliphatic carbocycles. The van der Waals surface area contributed by atoms with E-state index in [2.05, 4.69) is 4.90 Å². The molecule has 1 aromatic carbocycles. The zero-order valence-corrected chi connectivity index (χ0v) is 12.7. The van der Waals surface area contributed by atoms with Gasteiger partial charge in [-0.05, 0) is 30.5 Å². The Morgan fingerprint density at radius 1 is 1.35 bits per heavy atom. The number of likely N-dealkylation sites (tertiary alicyclic amines) is 1. The van der Waals surface area contributed by atoms with Gasteiger partial charge in [0.15, 0.2) is 0 Å². The van der Waals surface area contributed by atoms with Crippen molar-refractivity contribution in [2.75, 3.05) is 13.1 Å². The van der Waals surface area contributed by atoms with Gasteiger partial charge in [-0.15, -0.1) is 0 Å². The minimum absolute atomic E-state index is 0.00642. The quantitative estimate of drug-likeness (QED) is 0.857. The lowest BCUT2D eigenvalue weighted by Crippen LogP contribution is -2.51. The van der Waals surface area contributed by atoms with Crippen LogP contribution in [0.5, 0.6) is 0 Å². The van der Waals surface area contributed by atoms with Gasteiger partial charge in [-0.3, -0.25) is 9.69 Å². The molecule has 0 aromatic heterocycles. The molecule has 1 fully saturated rings. The monoisotopic (exact) mass is 319 g/mol. The first-order valence-corrected chi connectivity index (χ1v) is 7.18. The fourth-order valence-corrected chi connectivity index (χ4v) is 2.98. The first-order valence-electron chi connectivity index (χ1n) is 6.42. The van der Waals surface area contributed by atoms with Crippen LogP contribution in [0.25, 0.3) is 0 Å². The summed E-state index contributed by atoms with van der Waals surface area (Å²) in [4.78, 5) is 13.0. The second kappa shape index (κ2) is 5.88. The highest BCUT2D eigenvalue weighted by molar-refractivity contribution is 6.35. The van der Waals surface area contributed by atoms with Gasteiger partial charge >= 0.3 is 5.97 Å². The molecule has 0 amide bonds. The summed E-state index contributed by atoms with van der Waals surface area (Å²) in [6.07, 6.45) is 0. The van der Waals surface area contributed by atoms with Gasteiger partial charge in [-0.1, -0.05) is 30.1 Å². The molecule has 0 bridgehead atoms. The molecule has 0 spiro atoms. The first-order chi connectivity index (χ1) is 9.31. The maximum absolute atomic E-state index is 13.5. The van der Waals surface area contributed by atoms with Crippen molar-refractivity contribution in [1.29, 1.82) is 0 Å². The second-order valence-corrected chi connectivity index (χ2v) is 6.12. The average molecular weight is 320 g/mol. The van der Waals surface area contributed by atoms with Gasteiger partial charge in [0.25, 0.3) is 0 Å². The molecule has 2 rings (SSSR count). The summed E-state index contributed by atoms with van der Waals surface area (Å²) in [6, 6.07) is 2.69. The van der Waals surface area contributed by atoms with Gasteiger partial charge in [0, 0.05) is 24.2 Å². The van der Waals surface area contributed by atoms with Gasteiger partial charge in [0.1, 0.15) is 5.82 Å². The van der Waals surface area contributed by atoms with Crippen molar-refractivity contribution < 1.29 is 14.3 Å². The number of rotatable bonds is 4. The van der Waals surface area contributed by atoms with Gasteiger partial charge in [-0.2, -0.15) is 0 Å². The van der Waals surface area contributed by atoms with Crippen LogP contribution in [0, 0.1) is 17.7 Å². The van der Waals surface area contributed by atoms with Gasteiger partial charge in [0.2, 0.25) is 0 Å². The lowest BCUT2D eigenvalue weighted by molar-refractivity contribution is -0.146. The Hall–Kier alpha value is -0.840. The maximum atomic E-state index is 13.5. The lowest BCUT2D eigenvalue weighted by Gasteiger charge is -2.45. The van der Waals surface area contributed by atoms with E-state index < -0.39 is 11.8 Å². The molecule has 1 aliphatic heterocycles. The molecule has 1 aliphatic rings. The number of benzene rings is 1. The van der Waals surface area contributed by atoms with Crippen molar-refractivity contribution in [1.82, 2.24) is 4.90 Å². The van der Waals surface area contributed by atoms with Crippen LogP contribution in [0.2, 0.25) is 10.0 Å². The SMILES string of the molecule is CC(C(=O)O)C1CN(C(C)c2cc(F)c(Cl)cc2Cl)C1. The molecule has 6 heteroatoms. The van der Waals surface area contributed by atoms with Crippen molar-refractivity contribution in [3.05, 3.63) is 33.6 Å². The van der Waals surface area contributed by atoms with E-state index in [4.69, 9.17) is 28.3 Å². The summed E-state index contributed by atoms with van der Waals surface area (Å²) in [5.74, 6) is -1.51. The fourth-order valence-electron chi connectivity index (χ4n) is 2.44.